The molecule has 0 spiro atoms. The molecule has 1 saturated heterocycles. The molecule has 22 heavy (non-hydrogen) atoms. The molecule has 0 atom stereocenters. The number of nitrogens with zero attached hydrogens (tertiary/aromatic N) is 1. The van der Waals surface area contributed by atoms with E-state index in [0.29, 0.717) is 0 Å². The van der Waals surface area contributed by atoms with E-state index in [-0.39, 0.29) is 0 Å². The Labute approximate surface area is 138 Å². The largest absolute Gasteiger partial charge is 0.299 e. The third kappa shape index (κ3) is 3.91. The van der Waals surface area contributed by atoms with Crippen LogP contribution in [0.4, 0.5) is 0 Å². The topological polar surface area (TPSA) is 3.24 Å². The Morgan fingerprint density at radius 3 is 2.36 bits per heavy atom. The SMILES string of the molecule is CCc1ccc(C2CCN(Cc3cccc(Cl)c3)CC2)cc1. The third-order valence-electron chi connectivity index (χ3n) is 4.74. The molecule has 2 aromatic rings. The van der Waals surface area contributed by atoms with E-state index in [1.54, 1.807) is 0 Å². The molecule has 0 amide bonds. The standard InChI is InChI=1S/C20H24ClN/c1-2-16-6-8-18(9-7-16)19-10-12-22(13-11-19)15-17-4-3-5-20(21)14-17/h3-9,14,19H,2,10-13,15H2,1H3. The summed E-state index contributed by atoms with van der Waals surface area (Å²) in [5.74, 6) is 0.724. The molecule has 1 fully saturated rings. The minimum Gasteiger partial charge on any atom is -0.299 e. The highest BCUT2D eigenvalue weighted by Gasteiger charge is 2.20. The molecule has 0 radical (unpaired) electrons. The average Bonchev–Trinajstić information content (AvgIpc) is 2.56. The lowest BCUT2D eigenvalue weighted by molar-refractivity contribution is 0.204. The fourth-order valence-corrected chi connectivity index (χ4v) is 3.56. The van der Waals surface area contributed by atoms with Crippen LogP contribution in [0.1, 0.15) is 42.4 Å². The van der Waals surface area contributed by atoms with Gasteiger partial charge in [-0.1, -0.05) is 54.9 Å². The van der Waals surface area contributed by atoms with Gasteiger partial charge in [0.2, 0.25) is 0 Å². The van der Waals surface area contributed by atoms with Gasteiger partial charge in [-0.3, -0.25) is 4.90 Å². The molecule has 3 rings (SSSR count). The quantitative estimate of drug-likeness (QED) is 0.742. The Bertz CT molecular complexity index is 597. The minimum absolute atomic E-state index is 0.724. The fourth-order valence-electron chi connectivity index (χ4n) is 3.34. The minimum atomic E-state index is 0.724. The van der Waals surface area contributed by atoms with Gasteiger partial charge in [0, 0.05) is 11.6 Å². The van der Waals surface area contributed by atoms with Crippen molar-refractivity contribution in [3.8, 4) is 0 Å². The monoisotopic (exact) mass is 313 g/mol. The van der Waals surface area contributed by atoms with Gasteiger partial charge < -0.3 is 0 Å². The van der Waals surface area contributed by atoms with Crippen molar-refractivity contribution in [2.24, 2.45) is 0 Å². The van der Waals surface area contributed by atoms with Crippen LogP contribution in [0.25, 0.3) is 0 Å². The summed E-state index contributed by atoms with van der Waals surface area (Å²) in [6, 6.07) is 17.5. The highest BCUT2D eigenvalue weighted by Crippen LogP contribution is 2.29. The van der Waals surface area contributed by atoms with Crippen LogP contribution in [0.5, 0.6) is 0 Å². The van der Waals surface area contributed by atoms with Crippen LogP contribution in [0.15, 0.2) is 48.5 Å². The Kier molecular flexibility index (Phi) is 5.17. The molecule has 0 bridgehead atoms. The maximum atomic E-state index is 6.07. The zero-order valence-corrected chi connectivity index (χ0v) is 14.0. The number of benzene rings is 2. The van der Waals surface area contributed by atoms with Crippen LogP contribution in [0, 0.1) is 0 Å². The van der Waals surface area contributed by atoms with E-state index >= 15 is 0 Å². The van der Waals surface area contributed by atoms with Crippen LogP contribution >= 0.6 is 11.6 Å². The first-order valence-corrected chi connectivity index (χ1v) is 8.68. The van der Waals surface area contributed by atoms with Gasteiger partial charge >= 0.3 is 0 Å². The average molecular weight is 314 g/mol. The van der Waals surface area contributed by atoms with E-state index in [1.165, 1.54) is 42.6 Å². The lowest BCUT2D eigenvalue weighted by atomic mass is 9.88. The second kappa shape index (κ2) is 7.30. The second-order valence-corrected chi connectivity index (χ2v) is 6.71. The first-order chi connectivity index (χ1) is 10.7. The Balaban J connectivity index is 1.55. The van der Waals surface area contributed by atoms with E-state index < -0.39 is 0 Å². The normalized spacial score (nSPS) is 16.8. The van der Waals surface area contributed by atoms with Gasteiger partial charge in [0.25, 0.3) is 0 Å². The summed E-state index contributed by atoms with van der Waals surface area (Å²) in [5.41, 5.74) is 4.26. The van der Waals surface area contributed by atoms with Gasteiger partial charge in [-0.05, 0) is 67.1 Å². The van der Waals surface area contributed by atoms with Crippen molar-refractivity contribution in [1.82, 2.24) is 4.90 Å². The van der Waals surface area contributed by atoms with Gasteiger partial charge in [0.15, 0.2) is 0 Å². The number of hydrogen-bond acceptors (Lipinski definition) is 1. The Morgan fingerprint density at radius 1 is 1.00 bits per heavy atom. The van der Waals surface area contributed by atoms with Crippen LogP contribution in [-0.4, -0.2) is 18.0 Å². The number of piperidine rings is 1. The summed E-state index contributed by atoms with van der Waals surface area (Å²) < 4.78 is 0. The second-order valence-electron chi connectivity index (χ2n) is 6.28. The number of likely N-dealkylation sites (tertiary alicyclic amines) is 1. The summed E-state index contributed by atoms with van der Waals surface area (Å²) in [6.07, 6.45) is 3.64. The van der Waals surface area contributed by atoms with Crippen molar-refractivity contribution in [2.75, 3.05) is 13.1 Å². The summed E-state index contributed by atoms with van der Waals surface area (Å²) in [6.45, 7) is 5.57. The van der Waals surface area contributed by atoms with Crippen molar-refractivity contribution < 1.29 is 0 Å². The molecule has 0 aliphatic carbocycles. The van der Waals surface area contributed by atoms with Crippen molar-refractivity contribution >= 4 is 11.6 Å². The van der Waals surface area contributed by atoms with Gasteiger partial charge in [-0.2, -0.15) is 0 Å². The molecule has 0 unspecified atom stereocenters. The molecule has 0 N–H and O–H groups in total. The molecule has 2 aromatic carbocycles. The molecule has 2 heteroatoms. The highest BCUT2D eigenvalue weighted by atomic mass is 35.5. The van der Waals surface area contributed by atoms with Gasteiger partial charge in [-0.25, -0.2) is 0 Å². The van der Waals surface area contributed by atoms with Crippen molar-refractivity contribution in [2.45, 2.75) is 38.6 Å². The summed E-state index contributed by atoms with van der Waals surface area (Å²) >= 11 is 6.07. The Hall–Kier alpha value is -1.31. The van der Waals surface area contributed by atoms with Crippen molar-refractivity contribution in [1.29, 1.82) is 0 Å². The number of halogens is 1. The third-order valence-corrected chi connectivity index (χ3v) is 4.98. The van der Waals surface area contributed by atoms with Crippen LogP contribution < -0.4 is 0 Å². The summed E-state index contributed by atoms with van der Waals surface area (Å²) in [7, 11) is 0. The van der Waals surface area contributed by atoms with Crippen molar-refractivity contribution in [3.63, 3.8) is 0 Å². The van der Waals surface area contributed by atoms with Gasteiger partial charge in [-0.15, -0.1) is 0 Å². The zero-order valence-electron chi connectivity index (χ0n) is 13.3. The first kappa shape index (κ1) is 15.6. The van der Waals surface area contributed by atoms with Crippen LogP contribution in [-0.2, 0) is 13.0 Å². The lowest BCUT2D eigenvalue weighted by Gasteiger charge is -2.32. The van der Waals surface area contributed by atoms with Crippen LogP contribution in [0.2, 0.25) is 5.02 Å². The molecular weight excluding hydrogens is 290 g/mol. The van der Waals surface area contributed by atoms with E-state index in [9.17, 15) is 0 Å². The Morgan fingerprint density at radius 2 is 1.73 bits per heavy atom. The number of rotatable bonds is 4. The predicted octanol–water partition coefficient (Wildman–Crippen LogP) is 5.28. The molecule has 1 aliphatic rings. The number of aryl methyl sites for hydroxylation is 1. The molecular formula is C20H24ClN. The predicted molar refractivity (Wildman–Crippen MR) is 94.5 cm³/mol. The first-order valence-electron chi connectivity index (χ1n) is 8.30. The molecule has 0 aromatic heterocycles. The molecule has 0 saturated carbocycles. The van der Waals surface area contributed by atoms with E-state index in [2.05, 4.69) is 48.2 Å². The van der Waals surface area contributed by atoms with E-state index in [1.807, 2.05) is 12.1 Å². The lowest BCUT2D eigenvalue weighted by Crippen LogP contribution is -2.32. The smallest absolute Gasteiger partial charge is 0.0409 e. The van der Waals surface area contributed by atoms with Gasteiger partial charge in [0.1, 0.15) is 0 Å². The molecule has 1 heterocycles. The fraction of sp³-hybridized carbons (Fsp3) is 0.400. The van der Waals surface area contributed by atoms with E-state index in [0.717, 1.165) is 23.9 Å². The molecule has 116 valence electrons. The summed E-state index contributed by atoms with van der Waals surface area (Å²) in [4.78, 5) is 2.54. The van der Waals surface area contributed by atoms with E-state index in [4.69, 9.17) is 11.6 Å². The van der Waals surface area contributed by atoms with Crippen molar-refractivity contribution in [3.05, 3.63) is 70.2 Å². The highest BCUT2D eigenvalue weighted by molar-refractivity contribution is 6.30. The van der Waals surface area contributed by atoms with Gasteiger partial charge in [0.05, 0.1) is 0 Å². The molecule has 1 aliphatic heterocycles. The maximum Gasteiger partial charge on any atom is 0.0409 e. The molecule has 1 nitrogen and oxygen atoms in total. The maximum absolute atomic E-state index is 6.07. The number of hydrogen-bond donors (Lipinski definition) is 0. The zero-order chi connectivity index (χ0) is 15.4. The summed E-state index contributed by atoms with van der Waals surface area (Å²) in [5, 5.41) is 0.836. The van der Waals surface area contributed by atoms with Crippen LogP contribution in [0.3, 0.4) is 0 Å².